The Morgan fingerprint density at radius 3 is 2.84 bits per heavy atom. The molecule has 1 aromatic carbocycles. The molecule has 1 saturated heterocycles. The van der Waals surface area contributed by atoms with Crippen LogP contribution >= 0.6 is 11.8 Å². The zero-order valence-corrected chi connectivity index (χ0v) is 12.0. The maximum absolute atomic E-state index is 11.6. The molecule has 0 spiro atoms. The maximum Gasteiger partial charge on any atom is 0.338 e. The van der Waals surface area contributed by atoms with Crippen LogP contribution in [-0.4, -0.2) is 30.1 Å². The highest BCUT2D eigenvalue weighted by Crippen LogP contribution is 2.25. The summed E-state index contributed by atoms with van der Waals surface area (Å²) >= 11 is 1.99. The second-order valence-corrected chi connectivity index (χ2v) is 5.78. The van der Waals surface area contributed by atoms with Crippen LogP contribution in [-0.2, 0) is 4.74 Å². The van der Waals surface area contributed by atoms with Crippen LogP contribution in [0.2, 0.25) is 0 Å². The predicted octanol–water partition coefficient (Wildman–Crippen LogP) is 2.75. The van der Waals surface area contributed by atoms with Gasteiger partial charge in [0.15, 0.2) is 0 Å². The predicted molar refractivity (Wildman–Crippen MR) is 80.8 cm³/mol. The van der Waals surface area contributed by atoms with Crippen molar-refractivity contribution in [1.29, 1.82) is 0 Å². The molecule has 0 amide bonds. The second kappa shape index (κ2) is 6.70. The van der Waals surface area contributed by atoms with Gasteiger partial charge in [0.25, 0.3) is 0 Å². The monoisotopic (exact) mass is 280 g/mol. The van der Waals surface area contributed by atoms with Crippen LogP contribution in [0.4, 0.5) is 11.4 Å². The van der Waals surface area contributed by atoms with Crippen LogP contribution in [0, 0.1) is 0 Å². The van der Waals surface area contributed by atoms with E-state index < -0.39 is 0 Å². The number of carbonyl (C=O) groups excluding carboxylic acids is 1. The second-order valence-electron chi connectivity index (χ2n) is 4.55. The Hall–Kier alpha value is -1.36. The molecule has 19 heavy (non-hydrogen) atoms. The molecule has 3 N–H and O–H groups in total. The molecule has 0 atom stereocenters. The van der Waals surface area contributed by atoms with Crippen LogP contribution in [0.15, 0.2) is 18.2 Å². The molecule has 1 heterocycles. The van der Waals surface area contributed by atoms with E-state index >= 15 is 0 Å². The highest BCUT2D eigenvalue weighted by Gasteiger charge is 2.15. The van der Waals surface area contributed by atoms with Gasteiger partial charge < -0.3 is 15.8 Å². The number of ether oxygens (including phenoxy) is 1. The molecule has 0 unspecified atom stereocenters. The van der Waals surface area contributed by atoms with E-state index in [2.05, 4.69) is 5.32 Å². The molecule has 1 fully saturated rings. The molecule has 0 aliphatic carbocycles. The summed E-state index contributed by atoms with van der Waals surface area (Å²) in [5.41, 5.74) is 8.01. The molecular weight excluding hydrogens is 260 g/mol. The first-order valence-electron chi connectivity index (χ1n) is 6.61. The largest absolute Gasteiger partial charge is 0.462 e. The SMILES string of the molecule is CCOC(=O)c1ccc(NC2CCSCC2)c(N)c1. The van der Waals surface area contributed by atoms with Gasteiger partial charge in [0.2, 0.25) is 0 Å². The number of esters is 1. The summed E-state index contributed by atoms with van der Waals surface area (Å²) in [4.78, 5) is 11.6. The summed E-state index contributed by atoms with van der Waals surface area (Å²) in [6, 6.07) is 5.78. The van der Waals surface area contributed by atoms with Gasteiger partial charge in [-0.1, -0.05) is 0 Å². The van der Waals surface area contributed by atoms with Crippen molar-refractivity contribution in [2.45, 2.75) is 25.8 Å². The van der Waals surface area contributed by atoms with Gasteiger partial charge in [0.05, 0.1) is 23.5 Å². The summed E-state index contributed by atoms with van der Waals surface area (Å²) in [6.45, 7) is 2.16. The third kappa shape index (κ3) is 3.80. The van der Waals surface area contributed by atoms with Crippen LogP contribution in [0.3, 0.4) is 0 Å². The van der Waals surface area contributed by atoms with E-state index in [1.165, 1.54) is 11.5 Å². The van der Waals surface area contributed by atoms with Gasteiger partial charge in [0, 0.05) is 6.04 Å². The number of hydrogen-bond donors (Lipinski definition) is 2. The number of hydrogen-bond acceptors (Lipinski definition) is 5. The molecule has 0 radical (unpaired) electrons. The number of nitrogens with one attached hydrogen (secondary N) is 1. The number of thioether (sulfide) groups is 1. The van der Waals surface area contributed by atoms with Crippen LogP contribution in [0.1, 0.15) is 30.1 Å². The molecule has 1 aliphatic rings. The van der Waals surface area contributed by atoms with Gasteiger partial charge in [-0.15, -0.1) is 0 Å². The van der Waals surface area contributed by atoms with Crippen molar-refractivity contribution >= 4 is 29.1 Å². The Kier molecular flexibility index (Phi) is 4.96. The minimum atomic E-state index is -0.324. The average Bonchev–Trinajstić information content (AvgIpc) is 2.42. The van der Waals surface area contributed by atoms with E-state index in [9.17, 15) is 4.79 Å². The lowest BCUT2D eigenvalue weighted by Crippen LogP contribution is -2.25. The Morgan fingerprint density at radius 2 is 2.21 bits per heavy atom. The lowest BCUT2D eigenvalue weighted by atomic mass is 10.1. The molecule has 5 heteroatoms. The standard InChI is InChI=1S/C14H20N2O2S/c1-2-18-14(17)10-3-4-13(12(15)9-10)16-11-5-7-19-8-6-11/h3-4,9,11,16H,2,5-8,15H2,1H3. The van der Waals surface area contributed by atoms with Crippen LogP contribution in [0.5, 0.6) is 0 Å². The zero-order valence-electron chi connectivity index (χ0n) is 11.1. The fourth-order valence-electron chi connectivity index (χ4n) is 2.10. The highest BCUT2D eigenvalue weighted by atomic mass is 32.2. The van der Waals surface area contributed by atoms with E-state index in [0.29, 0.717) is 23.9 Å². The van der Waals surface area contributed by atoms with E-state index in [-0.39, 0.29) is 5.97 Å². The van der Waals surface area contributed by atoms with Gasteiger partial charge in [-0.05, 0) is 49.5 Å². The van der Waals surface area contributed by atoms with Crippen LogP contribution in [0.25, 0.3) is 0 Å². The molecule has 4 nitrogen and oxygen atoms in total. The maximum atomic E-state index is 11.6. The van der Waals surface area contributed by atoms with E-state index in [4.69, 9.17) is 10.5 Å². The first-order chi connectivity index (χ1) is 9.20. The molecule has 1 aromatic rings. The minimum Gasteiger partial charge on any atom is -0.462 e. The Bertz CT molecular complexity index is 445. The normalized spacial score (nSPS) is 16.1. The topological polar surface area (TPSA) is 64.3 Å². The fraction of sp³-hybridized carbons (Fsp3) is 0.500. The molecule has 2 rings (SSSR count). The molecule has 0 bridgehead atoms. The van der Waals surface area contributed by atoms with E-state index in [0.717, 1.165) is 18.5 Å². The van der Waals surface area contributed by atoms with Crippen molar-refractivity contribution in [2.24, 2.45) is 0 Å². The summed E-state index contributed by atoms with van der Waals surface area (Å²) in [7, 11) is 0. The minimum absolute atomic E-state index is 0.324. The first-order valence-corrected chi connectivity index (χ1v) is 7.77. The van der Waals surface area contributed by atoms with Crippen molar-refractivity contribution in [3.63, 3.8) is 0 Å². The van der Waals surface area contributed by atoms with Gasteiger partial charge in [0.1, 0.15) is 0 Å². The molecule has 1 aliphatic heterocycles. The summed E-state index contributed by atoms with van der Waals surface area (Å²) in [6.07, 6.45) is 2.31. The lowest BCUT2D eigenvalue weighted by Gasteiger charge is -2.24. The quantitative estimate of drug-likeness (QED) is 0.656. The van der Waals surface area contributed by atoms with E-state index in [1.54, 1.807) is 19.1 Å². The first kappa shape index (κ1) is 14.1. The number of carbonyl (C=O) groups is 1. The third-order valence-corrected chi connectivity index (χ3v) is 4.19. The van der Waals surface area contributed by atoms with E-state index in [1.807, 2.05) is 17.8 Å². The number of benzene rings is 1. The molecular formula is C14H20N2O2S. The van der Waals surface area contributed by atoms with Crippen molar-refractivity contribution < 1.29 is 9.53 Å². The van der Waals surface area contributed by atoms with Crippen molar-refractivity contribution in [1.82, 2.24) is 0 Å². The molecule has 0 saturated carbocycles. The van der Waals surface area contributed by atoms with Gasteiger partial charge in [-0.25, -0.2) is 4.79 Å². The van der Waals surface area contributed by atoms with Gasteiger partial charge in [-0.2, -0.15) is 11.8 Å². The van der Waals surface area contributed by atoms with Gasteiger partial charge in [-0.3, -0.25) is 0 Å². The van der Waals surface area contributed by atoms with Crippen molar-refractivity contribution in [3.8, 4) is 0 Å². The molecule has 104 valence electrons. The Labute approximate surface area is 118 Å². The highest BCUT2D eigenvalue weighted by molar-refractivity contribution is 7.99. The van der Waals surface area contributed by atoms with Crippen molar-refractivity contribution in [3.05, 3.63) is 23.8 Å². The Morgan fingerprint density at radius 1 is 1.47 bits per heavy atom. The zero-order chi connectivity index (χ0) is 13.7. The number of rotatable bonds is 4. The summed E-state index contributed by atoms with van der Waals surface area (Å²) < 4.78 is 4.96. The molecule has 0 aromatic heterocycles. The smallest absolute Gasteiger partial charge is 0.338 e. The fourth-order valence-corrected chi connectivity index (χ4v) is 3.20. The number of nitrogens with two attached hydrogens (primary N) is 1. The number of anilines is 2. The third-order valence-electron chi connectivity index (χ3n) is 3.14. The number of nitrogen functional groups attached to an aromatic ring is 1. The summed E-state index contributed by atoms with van der Waals surface area (Å²) in [5.74, 6) is 2.06. The summed E-state index contributed by atoms with van der Waals surface area (Å²) in [5, 5.41) is 3.46. The lowest BCUT2D eigenvalue weighted by molar-refractivity contribution is 0.0526. The van der Waals surface area contributed by atoms with Crippen LogP contribution < -0.4 is 11.1 Å². The van der Waals surface area contributed by atoms with Crippen molar-refractivity contribution in [2.75, 3.05) is 29.2 Å². The van der Waals surface area contributed by atoms with Gasteiger partial charge >= 0.3 is 5.97 Å². The Balaban J connectivity index is 2.04. The average molecular weight is 280 g/mol.